The fourth-order valence-electron chi connectivity index (χ4n) is 3.53. The van der Waals surface area contributed by atoms with Gasteiger partial charge in [0.25, 0.3) is 11.8 Å². The minimum absolute atomic E-state index is 0.168. The lowest BCUT2D eigenvalue weighted by Gasteiger charge is -2.35. The predicted octanol–water partition coefficient (Wildman–Crippen LogP) is 3.06. The second-order valence-electron chi connectivity index (χ2n) is 7.13. The first-order valence-corrected chi connectivity index (χ1v) is 9.79. The molecule has 1 aromatic heterocycles. The van der Waals surface area contributed by atoms with E-state index in [0.29, 0.717) is 48.8 Å². The largest absolute Gasteiger partial charge is 0.480 e. The van der Waals surface area contributed by atoms with Gasteiger partial charge in [0.05, 0.1) is 5.56 Å². The fourth-order valence-corrected chi connectivity index (χ4v) is 3.53. The quantitative estimate of drug-likeness (QED) is 0.668. The van der Waals surface area contributed by atoms with Crippen LogP contribution in [0.25, 0.3) is 11.0 Å². The molecule has 7 heteroatoms. The summed E-state index contributed by atoms with van der Waals surface area (Å²) in [5, 5.41) is 10.1. The van der Waals surface area contributed by atoms with Gasteiger partial charge in [0, 0.05) is 31.6 Å². The highest BCUT2D eigenvalue weighted by Gasteiger charge is 2.29. The third-order valence-electron chi connectivity index (χ3n) is 5.17. The molecule has 1 saturated heterocycles. The van der Waals surface area contributed by atoms with Gasteiger partial charge in [-0.15, -0.1) is 0 Å². The van der Waals surface area contributed by atoms with Crippen molar-refractivity contribution in [1.82, 2.24) is 9.80 Å². The summed E-state index contributed by atoms with van der Waals surface area (Å²) >= 11 is 0. The van der Waals surface area contributed by atoms with Crippen molar-refractivity contribution in [2.75, 3.05) is 26.2 Å². The van der Waals surface area contributed by atoms with Gasteiger partial charge in [-0.05, 0) is 31.2 Å². The zero-order valence-corrected chi connectivity index (χ0v) is 16.6. The van der Waals surface area contributed by atoms with Gasteiger partial charge in [-0.25, -0.2) is 0 Å². The number of hydrogen-bond acceptors (Lipinski definition) is 5. The average molecular weight is 403 g/mol. The molecule has 1 atom stereocenters. The van der Waals surface area contributed by atoms with Gasteiger partial charge in [0.2, 0.25) is 0 Å². The lowest BCUT2D eigenvalue weighted by Crippen LogP contribution is -2.53. The van der Waals surface area contributed by atoms with Crippen molar-refractivity contribution in [3.63, 3.8) is 0 Å². The maximum atomic E-state index is 12.8. The number of fused-ring (bicyclic) bond motifs is 1. The number of nitriles is 1. The van der Waals surface area contributed by atoms with E-state index in [1.807, 2.05) is 24.3 Å². The van der Waals surface area contributed by atoms with E-state index in [1.165, 1.54) is 0 Å². The zero-order valence-electron chi connectivity index (χ0n) is 16.6. The van der Waals surface area contributed by atoms with Crippen molar-refractivity contribution in [3.8, 4) is 11.8 Å². The highest BCUT2D eigenvalue weighted by Crippen LogP contribution is 2.21. The van der Waals surface area contributed by atoms with Gasteiger partial charge < -0.3 is 19.0 Å². The molecule has 2 aromatic carbocycles. The highest BCUT2D eigenvalue weighted by molar-refractivity contribution is 5.96. The van der Waals surface area contributed by atoms with Crippen LogP contribution in [-0.2, 0) is 4.79 Å². The summed E-state index contributed by atoms with van der Waals surface area (Å²) in [5.74, 6) is 0.351. The maximum absolute atomic E-state index is 12.8. The number of rotatable bonds is 4. The standard InChI is InChI=1S/C23H21N3O4/c1-16(29-20-9-5-3-7-18(20)15-24)22(27)25-10-12-26(13-11-25)23(28)21-14-17-6-2-4-8-19(17)30-21/h2-9,14,16H,10-13H2,1H3. The number of nitrogens with zero attached hydrogens (tertiary/aromatic N) is 3. The zero-order chi connectivity index (χ0) is 21.1. The first-order valence-electron chi connectivity index (χ1n) is 9.79. The Labute approximate surface area is 174 Å². The number of hydrogen-bond donors (Lipinski definition) is 0. The molecule has 30 heavy (non-hydrogen) atoms. The molecule has 2 heterocycles. The van der Waals surface area contributed by atoms with Crippen molar-refractivity contribution >= 4 is 22.8 Å². The molecule has 7 nitrogen and oxygen atoms in total. The van der Waals surface area contributed by atoms with Crippen LogP contribution in [0.1, 0.15) is 23.0 Å². The van der Waals surface area contributed by atoms with Crippen LogP contribution in [0.15, 0.2) is 59.0 Å². The molecule has 0 spiro atoms. The first kappa shape index (κ1) is 19.5. The van der Waals surface area contributed by atoms with E-state index in [1.54, 1.807) is 47.1 Å². The van der Waals surface area contributed by atoms with Crippen LogP contribution in [0.3, 0.4) is 0 Å². The Kier molecular flexibility index (Phi) is 5.40. The number of ether oxygens (including phenoxy) is 1. The lowest BCUT2D eigenvalue weighted by atomic mass is 10.2. The molecule has 0 radical (unpaired) electrons. The molecule has 4 rings (SSSR count). The van der Waals surface area contributed by atoms with Crippen LogP contribution in [0.4, 0.5) is 0 Å². The Morgan fingerprint density at radius 1 is 1.03 bits per heavy atom. The Balaban J connectivity index is 1.36. The molecule has 0 N–H and O–H groups in total. The van der Waals surface area contributed by atoms with E-state index < -0.39 is 6.10 Å². The highest BCUT2D eigenvalue weighted by atomic mass is 16.5. The molecule has 3 aromatic rings. The van der Waals surface area contributed by atoms with Gasteiger partial charge in [-0.2, -0.15) is 5.26 Å². The number of furan rings is 1. The van der Waals surface area contributed by atoms with Crippen molar-refractivity contribution in [2.45, 2.75) is 13.0 Å². The molecule has 1 aliphatic heterocycles. The van der Waals surface area contributed by atoms with Crippen molar-refractivity contribution in [3.05, 3.63) is 65.9 Å². The summed E-state index contributed by atoms with van der Waals surface area (Å²) < 4.78 is 11.4. The number of benzene rings is 2. The summed E-state index contributed by atoms with van der Waals surface area (Å²) in [5.41, 5.74) is 1.07. The number of carbonyl (C=O) groups is 2. The number of para-hydroxylation sites is 2. The summed E-state index contributed by atoms with van der Waals surface area (Å²) in [6, 6.07) is 18.1. The average Bonchev–Trinajstić information content (AvgIpc) is 3.23. The van der Waals surface area contributed by atoms with Gasteiger partial charge >= 0.3 is 0 Å². The number of amides is 2. The summed E-state index contributed by atoms with van der Waals surface area (Å²) in [6.07, 6.45) is -0.725. The SMILES string of the molecule is CC(Oc1ccccc1C#N)C(=O)N1CCN(C(=O)c2cc3ccccc3o2)CC1. The van der Waals surface area contributed by atoms with Crippen molar-refractivity contribution in [2.24, 2.45) is 0 Å². The third kappa shape index (κ3) is 3.85. The second-order valence-corrected chi connectivity index (χ2v) is 7.13. The summed E-state index contributed by atoms with van der Waals surface area (Å²) in [7, 11) is 0. The fraction of sp³-hybridized carbons (Fsp3) is 0.261. The van der Waals surface area contributed by atoms with E-state index in [9.17, 15) is 9.59 Å². The Morgan fingerprint density at radius 3 is 2.43 bits per heavy atom. The predicted molar refractivity (Wildman–Crippen MR) is 110 cm³/mol. The van der Waals surface area contributed by atoms with E-state index in [-0.39, 0.29) is 11.8 Å². The van der Waals surface area contributed by atoms with Crippen LogP contribution in [0, 0.1) is 11.3 Å². The molecular weight excluding hydrogens is 382 g/mol. The van der Waals surface area contributed by atoms with E-state index >= 15 is 0 Å². The van der Waals surface area contributed by atoms with Crippen LogP contribution in [0.5, 0.6) is 5.75 Å². The molecule has 2 amide bonds. The molecule has 1 unspecified atom stereocenters. The smallest absolute Gasteiger partial charge is 0.289 e. The summed E-state index contributed by atoms with van der Waals surface area (Å²) in [4.78, 5) is 28.9. The van der Waals surface area contributed by atoms with Crippen molar-refractivity contribution < 1.29 is 18.7 Å². The summed E-state index contributed by atoms with van der Waals surface area (Å²) in [6.45, 7) is 3.34. The van der Waals surface area contributed by atoms with Crippen LogP contribution < -0.4 is 4.74 Å². The Bertz CT molecular complexity index is 1090. The molecule has 1 fully saturated rings. The van der Waals surface area contributed by atoms with Gasteiger partial charge in [-0.3, -0.25) is 9.59 Å². The van der Waals surface area contributed by atoms with E-state index in [0.717, 1.165) is 5.39 Å². The second kappa shape index (κ2) is 8.29. The topological polar surface area (TPSA) is 86.8 Å². The number of carbonyl (C=O) groups excluding carboxylic acids is 2. The normalized spacial score (nSPS) is 14.9. The monoisotopic (exact) mass is 403 g/mol. The Morgan fingerprint density at radius 2 is 1.70 bits per heavy atom. The molecule has 0 aliphatic carbocycles. The molecule has 152 valence electrons. The van der Waals surface area contributed by atoms with Gasteiger partial charge in [0.15, 0.2) is 11.9 Å². The molecule has 0 bridgehead atoms. The molecule has 0 saturated carbocycles. The van der Waals surface area contributed by atoms with Gasteiger partial charge in [-0.1, -0.05) is 30.3 Å². The molecule has 1 aliphatic rings. The maximum Gasteiger partial charge on any atom is 0.289 e. The van der Waals surface area contributed by atoms with Crippen LogP contribution >= 0.6 is 0 Å². The van der Waals surface area contributed by atoms with Crippen LogP contribution in [0.2, 0.25) is 0 Å². The van der Waals surface area contributed by atoms with E-state index in [4.69, 9.17) is 14.4 Å². The molecular formula is C23H21N3O4. The minimum Gasteiger partial charge on any atom is -0.480 e. The number of piperazine rings is 1. The van der Waals surface area contributed by atoms with Crippen LogP contribution in [-0.4, -0.2) is 53.9 Å². The van der Waals surface area contributed by atoms with E-state index in [2.05, 4.69) is 6.07 Å². The van der Waals surface area contributed by atoms with Crippen molar-refractivity contribution in [1.29, 1.82) is 5.26 Å². The minimum atomic E-state index is -0.725. The third-order valence-corrected chi connectivity index (χ3v) is 5.17. The first-order chi connectivity index (χ1) is 14.6. The Hall–Kier alpha value is -3.79. The van der Waals surface area contributed by atoms with Gasteiger partial charge in [0.1, 0.15) is 17.4 Å². The lowest BCUT2D eigenvalue weighted by molar-refractivity contribution is -0.139.